The van der Waals surface area contributed by atoms with E-state index < -0.39 is 37.8 Å². The lowest BCUT2D eigenvalue weighted by Crippen LogP contribution is -2.48. The Bertz CT molecular complexity index is 1230. The molecule has 1 saturated heterocycles. The van der Waals surface area contributed by atoms with Gasteiger partial charge in [-0.1, -0.05) is 18.6 Å². The van der Waals surface area contributed by atoms with Gasteiger partial charge in [0.2, 0.25) is 26.0 Å². The zero-order valence-electron chi connectivity index (χ0n) is 19.7. The number of amides is 1. The van der Waals surface area contributed by atoms with E-state index in [1.165, 1.54) is 41.6 Å². The number of carbonyl (C=O) groups is 1. The minimum absolute atomic E-state index is 0.0614. The molecule has 2 aromatic rings. The van der Waals surface area contributed by atoms with Crippen molar-refractivity contribution in [3.8, 4) is 5.75 Å². The van der Waals surface area contributed by atoms with Gasteiger partial charge in [-0.3, -0.25) is 9.10 Å². The van der Waals surface area contributed by atoms with Crippen molar-refractivity contribution in [2.45, 2.75) is 37.1 Å². The van der Waals surface area contributed by atoms with Crippen LogP contribution in [-0.4, -0.2) is 65.6 Å². The topological polar surface area (TPSA) is 113 Å². The monoisotopic (exact) mass is 527 g/mol. The summed E-state index contributed by atoms with van der Waals surface area (Å²) in [6, 6.07) is 10.2. The predicted molar refractivity (Wildman–Crippen MR) is 131 cm³/mol. The van der Waals surface area contributed by atoms with Crippen LogP contribution in [0.3, 0.4) is 0 Å². The molecule has 1 fully saturated rings. The van der Waals surface area contributed by atoms with Crippen molar-refractivity contribution >= 4 is 31.6 Å². The number of hydrogen-bond donors (Lipinski definition) is 1. The fourth-order valence-electron chi connectivity index (χ4n) is 3.86. The van der Waals surface area contributed by atoms with Gasteiger partial charge in [-0.05, 0) is 56.2 Å². The Kier molecular flexibility index (Phi) is 8.73. The quantitative estimate of drug-likeness (QED) is 0.475. The van der Waals surface area contributed by atoms with E-state index in [-0.39, 0.29) is 23.7 Å². The summed E-state index contributed by atoms with van der Waals surface area (Å²) in [5.74, 6) is -0.953. The smallest absolute Gasteiger partial charge is 0.243 e. The Hall–Kier alpha value is -2.70. The molecule has 1 N–H and O–H groups in total. The first-order chi connectivity index (χ1) is 16.5. The minimum atomic E-state index is -3.93. The highest BCUT2D eigenvalue weighted by Gasteiger charge is 2.31. The maximum absolute atomic E-state index is 14.2. The molecule has 192 valence electrons. The van der Waals surface area contributed by atoms with Gasteiger partial charge < -0.3 is 10.1 Å². The summed E-state index contributed by atoms with van der Waals surface area (Å²) < 4.78 is 71.9. The summed E-state index contributed by atoms with van der Waals surface area (Å²) in [6.07, 6.45) is 3.64. The number of piperidine rings is 1. The van der Waals surface area contributed by atoms with E-state index in [1.54, 1.807) is 12.1 Å². The Morgan fingerprint density at radius 1 is 1.06 bits per heavy atom. The molecule has 12 heteroatoms. The maximum Gasteiger partial charge on any atom is 0.243 e. The van der Waals surface area contributed by atoms with Crippen LogP contribution >= 0.6 is 0 Å². The lowest BCUT2D eigenvalue weighted by molar-refractivity contribution is -0.121. The summed E-state index contributed by atoms with van der Waals surface area (Å²) in [4.78, 5) is 12.8. The average molecular weight is 528 g/mol. The molecule has 9 nitrogen and oxygen atoms in total. The lowest BCUT2D eigenvalue weighted by atomic mass is 10.2. The van der Waals surface area contributed by atoms with Crippen LogP contribution in [0.15, 0.2) is 53.4 Å². The van der Waals surface area contributed by atoms with Crippen LogP contribution in [0.5, 0.6) is 5.75 Å². The van der Waals surface area contributed by atoms with Gasteiger partial charge in [0.15, 0.2) is 0 Å². The molecular weight excluding hydrogens is 497 g/mol. The number of rotatable bonds is 10. The van der Waals surface area contributed by atoms with Crippen LogP contribution in [0, 0.1) is 5.82 Å². The second kappa shape index (κ2) is 11.4. The van der Waals surface area contributed by atoms with E-state index in [0.29, 0.717) is 18.8 Å². The van der Waals surface area contributed by atoms with Gasteiger partial charge in [0.05, 0.1) is 23.4 Å². The summed E-state index contributed by atoms with van der Waals surface area (Å²) in [5.41, 5.74) is -0.214. The summed E-state index contributed by atoms with van der Waals surface area (Å²) >= 11 is 0. The van der Waals surface area contributed by atoms with Gasteiger partial charge in [-0.15, -0.1) is 0 Å². The Morgan fingerprint density at radius 2 is 1.69 bits per heavy atom. The van der Waals surface area contributed by atoms with Crippen molar-refractivity contribution in [1.29, 1.82) is 0 Å². The van der Waals surface area contributed by atoms with Crippen LogP contribution in [0.25, 0.3) is 0 Å². The van der Waals surface area contributed by atoms with Gasteiger partial charge in [-0.2, -0.15) is 4.31 Å². The highest BCUT2D eigenvalue weighted by molar-refractivity contribution is 7.92. The molecule has 1 amide bonds. The summed E-state index contributed by atoms with van der Waals surface area (Å²) in [5, 5.41) is 2.58. The molecule has 1 heterocycles. The molecule has 1 aliphatic rings. The molecule has 2 aromatic carbocycles. The number of sulfonamides is 2. The zero-order chi connectivity index (χ0) is 25.6. The molecule has 3 rings (SSSR count). The van der Waals surface area contributed by atoms with Gasteiger partial charge in [0.1, 0.15) is 24.2 Å². The largest absolute Gasteiger partial charge is 0.492 e. The second-order valence-electron chi connectivity index (χ2n) is 8.26. The van der Waals surface area contributed by atoms with Gasteiger partial charge in [0.25, 0.3) is 0 Å². The summed E-state index contributed by atoms with van der Waals surface area (Å²) in [7, 11) is -7.46. The van der Waals surface area contributed by atoms with Crippen LogP contribution in [-0.2, 0) is 24.8 Å². The fraction of sp³-hybridized carbons (Fsp3) is 0.435. The van der Waals surface area contributed by atoms with Crippen LogP contribution in [0.1, 0.15) is 26.2 Å². The number of ether oxygens (including phenoxy) is 1. The molecule has 0 aromatic heterocycles. The molecule has 0 bridgehead atoms. The molecule has 0 aliphatic carbocycles. The Morgan fingerprint density at radius 3 is 2.29 bits per heavy atom. The third-order valence-electron chi connectivity index (χ3n) is 5.62. The van der Waals surface area contributed by atoms with E-state index >= 15 is 0 Å². The molecule has 1 aliphatic heterocycles. The first-order valence-electron chi connectivity index (χ1n) is 11.3. The third-order valence-corrected chi connectivity index (χ3v) is 8.77. The molecule has 1 unspecified atom stereocenters. The average Bonchev–Trinajstić information content (AvgIpc) is 2.83. The SMILES string of the molecule is CC(C(=O)NCCOc1ccc(S(=O)(=O)N2CCCCC2)cc1)N(c1ccccc1F)S(C)(=O)=O. The maximum atomic E-state index is 14.2. The van der Waals surface area contributed by atoms with Crippen LogP contribution in [0.2, 0.25) is 0 Å². The number of anilines is 1. The Balaban J connectivity index is 1.54. The third kappa shape index (κ3) is 6.71. The van der Waals surface area contributed by atoms with E-state index in [2.05, 4.69) is 5.32 Å². The molecule has 0 saturated carbocycles. The van der Waals surface area contributed by atoms with Gasteiger partial charge in [-0.25, -0.2) is 21.2 Å². The zero-order valence-corrected chi connectivity index (χ0v) is 21.3. The molecule has 0 radical (unpaired) electrons. The van der Waals surface area contributed by atoms with Gasteiger partial charge >= 0.3 is 0 Å². The number of hydrogen-bond acceptors (Lipinski definition) is 6. The molecule has 0 spiro atoms. The van der Waals surface area contributed by atoms with Crippen molar-refractivity contribution in [2.75, 3.05) is 36.8 Å². The normalized spacial score (nSPS) is 15.9. The van der Waals surface area contributed by atoms with E-state index in [0.717, 1.165) is 35.9 Å². The number of nitrogens with one attached hydrogen (secondary N) is 1. The van der Waals surface area contributed by atoms with Crippen molar-refractivity contribution in [2.24, 2.45) is 0 Å². The number of carbonyl (C=O) groups excluding carboxylic acids is 1. The molecular formula is C23H30FN3O6S2. The lowest BCUT2D eigenvalue weighted by Gasteiger charge is -2.28. The van der Waals surface area contributed by atoms with E-state index in [4.69, 9.17) is 4.74 Å². The van der Waals surface area contributed by atoms with Gasteiger partial charge in [0, 0.05) is 13.1 Å². The second-order valence-corrected chi connectivity index (χ2v) is 12.1. The van der Waals surface area contributed by atoms with E-state index in [9.17, 15) is 26.0 Å². The summed E-state index contributed by atoms with van der Waals surface area (Å²) in [6.45, 7) is 2.53. The highest BCUT2D eigenvalue weighted by Crippen LogP contribution is 2.24. The number of benzene rings is 2. The van der Waals surface area contributed by atoms with Crippen molar-refractivity contribution < 1.29 is 30.8 Å². The molecule has 1 atom stereocenters. The Labute approximate surface area is 206 Å². The van der Waals surface area contributed by atoms with Crippen LogP contribution in [0.4, 0.5) is 10.1 Å². The van der Waals surface area contributed by atoms with Crippen molar-refractivity contribution in [3.63, 3.8) is 0 Å². The fourth-order valence-corrected chi connectivity index (χ4v) is 6.56. The van der Waals surface area contributed by atoms with Crippen molar-refractivity contribution in [1.82, 2.24) is 9.62 Å². The van der Waals surface area contributed by atoms with Crippen molar-refractivity contribution in [3.05, 3.63) is 54.3 Å². The first-order valence-corrected chi connectivity index (χ1v) is 14.6. The molecule has 35 heavy (non-hydrogen) atoms. The van der Waals surface area contributed by atoms with E-state index in [1.807, 2.05) is 0 Å². The highest BCUT2D eigenvalue weighted by atomic mass is 32.2. The first kappa shape index (κ1) is 26.9. The minimum Gasteiger partial charge on any atom is -0.492 e. The standard InChI is InChI=1S/C23H30FN3O6S2/c1-18(27(34(2,29)30)22-9-5-4-8-21(22)24)23(28)25-14-17-33-19-10-12-20(13-11-19)35(31,32)26-15-6-3-7-16-26/h4-5,8-13,18H,3,6-7,14-17H2,1-2H3,(H,25,28). The predicted octanol–water partition coefficient (Wildman–Crippen LogP) is 2.35. The number of halogens is 1. The number of nitrogens with zero attached hydrogens (tertiary/aromatic N) is 2. The van der Waals surface area contributed by atoms with Crippen LogP contribution < -0.4 is 14.4 Å². The number of para-hydroxylation sites is 1.